The van der Waals surface area contributed by atoms with Gasteiger partial charge in [0.2, 0.25) is 0 Å². The van der Waals surface area contributed by atoms with Crippen LogP contribution in [-0.4, -0.2) is 23.9 Å². The topological polar surface area (TPSA) is 38.3 Å². The van der Waals surface area contributed by atoms with Crippen LogP contribution in [0.15, 0.2) is 18.2 Å². The zero-order chi connectivity index (χ0) is 13.1. The number of benzene rings is 1. The van der Waals surface area contributed by atoms with E-state index in [9.17, 15) is 4.79 Å². The van der Waals surface area contributed by atoms with Crippen molar-refractivity contribution in [2.45, 2.75) is 19.4 Å². The van der Waals surface area contributed by atoms with E-state index in [1.54, 1.807) is 18.2 Å². The molecule has 1 rings (SSSR count). The molecule has 1 aromatic carbocycles. The lowest BCUT2D eigenvalue weighted by atomic mass is 10.1. The summed E-state index contributed by atoms with van der Waals surface area (Å²) >= 11 is 9.19. The summed E-state index contributed by atoms with van der Waals surface area (Å²) < 4.78 is 5.14. The molecule has 0 atom stereocenters. The lowest BCUT2D eigenvalue weighted by molar-refractivity contribution is 0.0918. The summed E-state index contributed by atoms with van der Waals surface area (Å²) in [6.45, 7) is 3.87. The van der Waals surface area contributed by atoms with Crippen LogP contribution in [-0.2, 0) is 0 Å². The summed E-state index contributed by atoms with van der Waals surface area (Å²) in [7, 11) is 1.51. The van der Waals surface area contributed by atoms with Crippen molar-refractivity contribution in [1.82, 2.24) is 5.32 Å². The van der Waals surface area contributed by atoms with E-state index in [1.807, 2.05) is 13.8 Å². The number of hydrogen-bond donors (Lipinski definition) is 1. The molecule has 0 aromatic heterocycles. The van der Waals surface area contributed by atoms with Gasteiger partial charge in [0.05, 0.1) is 12.7 Å². The fourth-order valence-corrected chi connectivity index (χ4v) is 1.56. The molecule has 0 heterocycles. The fourth-order valence-electron chi connectivity index (χ4n) is 1.26. The van der Waals surface area contributed by atoms with Crippen molar-refractivity contribution in [3.63, 3.8) is 0 Å². The van der Waals surface area contributed by atoms with E-state index in [0.717, 1.165) is 0 Å². The predicted octanol–water partition coefficient (Wildman–Crippen LogP) is 3.25. The second-order valence-electron chi connectivity index (χ2n) is 4.32. The molecule has 0 saturated carbocycles. The van der Waals surface area contributed by atoms with E-state index in [0.29, 0.717) is 21.7 Å². The van der Waals surface area contributed by atoms with Crippen LogP contribution in [0.2, 0.25) is 5.02 Å². The number of ether oxygens (including phenoxy) is 1. The average Bonchev–Trinajstić information content (AvgIpc) is 2.28. The quantitative estimate of drug-likeness (QED) is 0.865. The Bertz CT molecular complexity index is 421. The third kappa shape index (κ3) is 3.89. The van der Waals surface area contributed by atoms with Crippen LogP contribution in [0.1, 0.15) is 24.2 Å². The van der Waals surface area contributed by atoms with Crippen molar-refractivity contribution < 1.29 is 9.53 Å². The van der Waals surface area contributed by atoms with Gasteiger partial charge in [-0.3, -0.25) is 4.79 Å². The van der Waals surface area contributed by atoms with Crippen molar-refractivity contribution in [3.8, 4) is 5.75 Å². The number of nitrogens with one attached hydrogen (secondary N) is 1. The van der Waals surface area contributed by atoms with Gasteiger partial charge in [0, 0.05) is 15.9 Å². The van der Waals surface area contributed by atoms with Gasteiger partial charge in [-0.05, 0) is 32.0 Å². The first kappa shape index (κ1) is 14.3. The van der Waals surface area contributed by atoms with Gasteiger partial charge in [0.15, 0.2) is 0 Å². The number of methoxy groups -OCH3 is 1. The molecule has 3 nitrogen and oxygen atoms in total. The molecule has 94 valence electrons. The van der Waals surface area contributed by atoms with Crippen LogP contribution in [0.25, 0.3) is 0 Å². The highest BCUT2D eigenvalue weighted by Crippen LogP contribution is 2.23. The molecule has 0 spiro atoms. The molecular weight excluding hydrogens is 305 g/mol. The molecule has 0 bridgehead atoms. The van der Waals surface area contributed by atoms with E-state index < -0.39 is 0 Å². The predicted molar refractivity (Wildman–Crippen MR) is 73.3 cm³/mol. The van der Waals surface area contributed by atoms with Crippen LogP contribution in [0.3, 0.4) is 0 Å². The molecular formula is C12H15BrClNO2. The number of hydrogen-bond acceptors (Lipinski definition) is 2. The van der Waals surface area contributed by atoms with Gasteiger partial charge < -0.3 is 10.1 Å². The molecule has 0 aliphatic heterocycles. The summed E-state index contributed by atoms with van der Waals surface area (Å²) in [6.07, 6.45) is 0. The zero-order valence-corrected chi connectivity index (χ0v) is 12.4. The number of carbonyl (C=O) groups is 1. The van der Waals surface area contributed by atoms with Crippen molar-refractivity contribution in [2.75, 3.05) is 12.4 Å². The Hall–Kier alpha value is -0.740. The van der Waals surface area contributed by atoms with Gasteiger partial charge in [-0.2, -0.15) is 0 Å². The Kier molecular flexibility index (Phi) is 4.83. The Balaban J connectivity index is 2.96. The van der Waals surface area contributed by atoms with Crippen LogP contribution in [0, 0.1) is 0 Å². The second-order valence-corrected chi connectivity index (χ2v) is 5.31. The van der Waals surface area contributed by atoms with E-state index in [-0.39, 0.29) is 11.4 Å². The third-order valence-electron chi connectivity index (χ3n) is 2.19. The van der Waals surface area contributed by atoms with E-state index in [4.69, 9.17) is 16.3 Å². The van der Waals surface area contributed by atoms with Crippen molar-refractivity contribution >= 4 is 33.4 Å². The highest BCUT2D eigenvalue weighted by atomic mass is 79.9. The van der Waals surface area contributed by atoms with Crippen molar-refractivity contribution in [2.24, 2.45) is 0 Å². The molecule has 0 radical (unpaired) electrons. The molecule has 1 N–H and O–H groups in total. The minimum atomic E-state index is -0.318. The minimum Gasteiger partial charge on any atom is -0.496 e. The first-order valence-electron chi connectivity index (χ1n) is 5.11. The van der Waals surface area contributed by atoms with E-state index >= 15 is 0 Å². The molecule has 0 aliphatic carbocycles. The monoisotopic (exact) mass is 319 g/mol. The summed E-state index contributed by atoms with van der Waals surface area (Å²) in [5.41, 5.74) is 0.160. The molecule has 0 fully saturated rings. The van der Waals surface area contributed by atoms with Gasteiger partial charge in [0.1, 0.15) is 5.75 Å². The minimum absolute atomic E-state index is 0.178. The number of rotatable bonds is 4. The highest BCUT2D eigenvalue weighted by molar-refractivity contribution is 9.09. The Morgan fingerprint density at radius 2 is 2.18 bits per heavy atom. The van der Waals surface area contributed by atoms with Gasteiger partial charge in [-0.15, -0.1) is 0 Å². The smallest absolute Gasteiger partial charge is 0.255 e. The number of amides is 1. The first-order valence-corrected chi connectivity index (χ1v) is 6.61. The number of carbonyl (C=O) groups excluding carboxylic acids is 1. The number of alkyl halides is 1. The van der Waals surface area contributed by atoms with Crippen LogP contribution < -0.4 is 10.1 Å². The summed E-state index contributed by atoms with van der Waals surface area (Å²) in [6, 6.07) is 4.94. The molecule has 0 aliphatic rings. The van der Waals surface area contributed by atoms with Crippen LogP contribution >= 0.6 is 27.5 Å². The van der Waals surface area contributed by atoms with Crippen LogP contribution in [0.4, 0.5) is 0 Å². The van der Waals surface area contributed by atoms with Gasteiger partial charge >= 0.3 is 0 Å². The summed E-state index contributed by atoms with van der Waals surface area (Å²) in [5, 5.41) is 4.12. The lowest BCUT2D eigenvalue weighted by Crippen LogP contribution is -2.44. The van der Waals surface area contributed by atoms with E-state index in [2.05, 4.69) is 21.2 Å². The fraction of sp³-hybridized carbons (Fsp3) is 0.417. The Morgan fingerprint density at radius 3 is 2.71 bits per heavy atom. The molecule has 17 heavy (non-hydrogen) atoms. The molecule has 0 saturated heterocycles. The first-order chi connectivity index (χ1) is 7.89. The number of halogens is 2. The summed E-state index contributed by atoms with van der Waals surface area (Å²) in [4.78, 5) is 12.1. The molecule has 0 unspecified atom stereocenters. The van der Waals surface area contributed by atoms with Gasteiger partial charge in [-0.1, -0.05) is 27.5 Å². The molecule has 1 aromatic rings. The van der Waals surface area contributed by atoms with E-state index in [1.165, 1.54) is 7.11 Å². The maximum absolute atomic E-state index is 12.1. The lowest BCUT2D eigenvalue weighted by Gasteiger charge is -2.24. The maximum Gasteiger partial charge on any atom is 0.255 e. The second kappa shape index (κ2) is 5.74. The van der Waals surface area contributed by atoms with Gasteiger partial charge in [-0.25, -0.2) is 0 Å². The highest BCUT2D eigenvalue weighted by Gasteiger charge is 2.21. The SMILES string of the molecule is COc1cc(Cl)ccc1C(=O)NC(C)(C)CBr. The maximum atomic E-state index is 12.1. The van der Waals surface area contributed by atoms with Crippen molar-refractivity contribution in [1.29, 1.82) is 0 Å². The molecule has 5 heteroatoms. The normalized spacial score (nSPS) is 11.1. The molecule has 1 amide bonds. The zero-order valence-electron chi connectivity index (χ0n) is 10.0. The largest absolute Gasteiger partial charge is 0.496 e. The Labute approximate surface area is 115 Å². The van der Waals surface area contributed by atoms with Crippen LogP contribution in [0.5, 0.6) is 5.75 Å². The van der Waals surface area contributed by atoms with Gasteiger partial charge in [0.25, 0.3) is 5.91 Å². The third-order valence-corrected chi connectivity index (χ3v) is 3.83. The Morgan fingerprint density at radius 1 is 1.53 bits per heavy atom. The standard InChI is InChI=1S/C12H15BrClNO2/c1-12(2,7-13)15-11(16)9-5-4-8(14)6-10(9)17-3/h4-6H,7H2,1-3H3,(H,15,16). The average molecular weight is 321 g/mol. The summed E-state index contributed by atoms with van der Waals surface area (Å²) in [5.74, 6) is 0.295. The van der Waals surface area contributed by atoms with Crippen molar-refractivity contribution in [3.05, 3.63) is 28.8 Å².